The van der Waals surface area contributed by atoms with E-state index in [0.29, 0.717) is 18.1 Å². The van der Waals surface area contributed by atoms with E-state index in [1.807, 2.05) is 36.4 Å². The highest BCUT2D eigenvalue weighted by Gasteiger charge is 2.08. The number of carboxylic acids is 1. The van der Waals surface area contributed by atoms with Gasteiger partial charge in [-0.05, 0) is 72.9 Å². The molecule has 40 heavy (non-hydrogen) atoms. The average Bonchev–Trinajstić information content (AvgIpc) is 2.98. The number of nitrogens with zero attached hydrogens (tertiary/aromatic N) is 2. The molecular weight excluding hydrogens is 520 g/mol. The number of unbranched alkanes of at least 4 members (excludes halogenated alkanes) is 5. The highest BCUT2D eigenvalue weighted by molar-refractivity contribution is 7.98. The fourth-order valence-electron chi connectivity index (χ4n) is 4.39. The number of aliphatic carboxylic acids is 1. The van der Waals surface area contributed by atoms with Gasteiger partial charge in [0.25, 0.3) is 0 Å². The van der Waals surface area contributed by atoms with Crippen molar-refractivity contribution in [1.29, 1.82) is 0 Å². The van der Waals surface area contributed by atoms with Crippen molar-refractivity contribution in [3.05, 3.63) is 95.8 Å². The third-order valence-electron chi connectivity index (χ3n) is 6.58. The Hall–Kier alpha value is -3.84. The van der Waals surface area contributed by atoms with Gasteiger partial charge >= 0.3 is 5.97 Å². The number of hydrogen-bond donors (Lipinski definition) is 1. The van der Waals surface area contributed by atoms with Crippen molar-refractivity contribution in [3.8, 4) is 11.5 Å². The summed E-state index contributed by atoms with van der Waals surface area (Å²) < 4.78 is 11.2. The molecule has 7 heteroatoms. The second-order valence-corrected chi connectivity index (χ2v) is 10.6. The molecule has 6 nitrogen and oxygen atoms in total. The molecule has 2 aromatic heterocycles. The van der Waals surface area contributed by atoms with E-state index < -0.39 is 5.97 Å². The normalized spacial score (nSPS) is 11.2. The van der Waals surface area contributed by atoms with Gasteiger partial charge in [0.05, 0.1) is 24.3 Å². The lowest BCUT2D eigenvalue weighted by atomic mass is 10.0. The maximum Gasteiger partial charge on any atom is 0.328 e. The van der Waals surface area contributed by atoms with Crippen LogP contribution in [0, 0.1) is 0 Å². The van der Waals surface area contributed by atoms with Crippen molar-refractivity contribution in [2.75, 3.05) is 13.7 Å². The minimum atomic E-state index is -1.01. The fraction of sp³-hybridized carbons (Fsp3) is 0.303. The van der Waals surface area contributed by atoms with E-state index in [1.54, 1.807) is 25.1 Å². The van der Waals surface area contributed by atoms with Gasteiger partial charge in [-0.25, -0.2) is 9.78 Å². The van der Waals surface area contributed by atoms with E-state index in [-0.39, 0.29) is 0 Å². The summed E-state index contributed by atoms with van der Waals surface area (Å²) in [5.74, 6) is 1.23. The second kappa shape index (κ2) is 15.7. The smallest absolute Gasteiger partial charge is 0.328 e. The van der Waals surface area contributed by atoms with Crippen LogP contribution in [-0.2, 0) is 17.0 Å². The molecule has 1 N–H and O–H groups in total. The van der Waals surface area contributed by atoms with E-state index in [0.717, 1.165) is 58.3 Å². The van der Waals surface area contributed by atoms with Crippen LogP contribution in [0.1, 0.15) is 55.3 Å². The van der Waals surface area contributed by atoms with Gasteiger partial charge in [-0.15, -0.1) is 11.8 Å². The first kappa shape index (κ1) is 29.2. The van der Waals surface area contributed by atoms with Gasteiger partial charge in [-0.2, -0.15) is 0 Å². The minimum Gasteiger partial charge on any atom is -0.497 e. The number of rotatable bonds is 16. The van der Waals surface area contributed by atoms with Gasteiger partial charge in [-0.1, -0.05) is 56.0 Å². The van der Waals surface area contributed by atoms with Crippen LogP contribution in [0.2, 0.25) is 0 Å². The molecule has 0 bridgehead atoms. The molecule has 0 aliphatic carbocycles. The van der Waals surface area contributed by atoms with Crippen LogP contribution in [0.4, 0.5) is 0 Å². The molecule has 4 rings (SSSR count). The standard InChI is InChI=1S/C33H36N2O4S/c1-38-28-15-12-25(13-16-28)9-6-4-2-3-5-7-22-39-31-18-19-32(35-29(31)17-20-33(36)37)40-24-26-11-14-27-10-8-21-34-30(27)23-26/h8,10-21,23H,2-7,9,22,24H2,1H3,(H,36,37). The number of methoxy groups -OCH3 is 1. The van der Waals surface area contributed by atoms with Gasteiger partial charge < -0.3 is 14.6 Å². The van der Waals surface area contributed by atoms with Crippen molar-refractivity contribution in [1.82, 2.24) is 9.97 Å². The van der Waals surface area contributed by atoms with Gasteiger partial charge in [0.2, 0.25) is 0 Å². The summed E-state index contributed by atoms with van der Waals surface area (Å²) in [6.07, 6.45) is 12.4. The first-order chi connectivity index (χ1) is 19.6. The third-order valence-corrected chi connectivity index (χ3v) is 7.58. The Morgan fingerprint density at radius 1 is 0.925 bits per heavy atom. The zero-order valence-corrected chi connectivity index (χ0v) is 23.7. The summed E-state index contributed by atoms with van der Waals surface area (Å²) in [4.78, 5) is 20.2. The van der Waals surface area contributed by atoms with Gasteiger partial charge in [0, 0.05) is 23.4 Å². The quantitative estimate of drug-likeness (QED) is 0.0851. The van der Waals surface area contributed by atoms with E-state index in [1.165, 1.54) is 37.3 Å². The van der Waals surface area contributed by atoms with Crippen LogP contribution in [0.15, 0.2) is 84.0 Å². The molecular formula is C33H36N2O4S. The number of ether oxygens (including phenoxy) is 2. The molecule has 0 fully saturated rings. The van der Waals surface area contributed by atoms with Crippen molar-refractivity contribution < 1.29 is 19.4 Å². The Bertz CT molecular complexity index is 1410. The number of fused-ring (bicyclic) bond motifs is 1. The Balaban J connectivity index is 1.20. The molecule has 0 saturated carbocycles. The summed E-state index contributed by atoms with van der Waals surface area (Å²) in [6.45, 7) is 0.581. The van der Waals surface area contributed by atoms with E-state index in [4.69, 9.17) is 14.6 Å². The lowest BCUT2D eigenvalue weighted by molar-refractivity contribution is -0.131. The molecule has 2 heterocycles. The highest BCUT2D eigenvalue weighted by Crippen LogP contribution is 2.27. The van der Waals surface area contributed by atoms with Crippen LogP contribution in [0.25, 0.3) is 17.0 Å². The molecule has 0 radical (unpaired) electrons. The van der Waals surface area contributed by atoms with E-state index in [2.05, 4.69) is 40.3 Å². The monoisotopic (exact) mass is 556 g/mol. The van der Waals surface area contributed by atoms with Crippen LogP contribution in [0.3, 0.4) is 0 Å². The highest BCUT2D eigenvalue weighted by atomic mass is 32.2. The SMILES string of the molecule is COc1ccc(CCCCCCCCOc2ccc(SCc3ccc4cccnc4c3)nc2C=CC(=O)O)cc1. The second-order valence-electron chi connectivity index (χ2n) is 9.59. The summed E-state index contributed by atoms with van der Waals surface area (Å²) in [5, 5.41) is 11.0. The number of thioether (sulfide) groups is 1. The zero-order valence-electron chi connectivity index (χ0n) is 22.9. The van der Waals surface area contributed by atoms with Crippen LogP contribution in [0.5, 0.6) is 11.5 Å². The molecule has 0 aliphatic heterocycles. The Morgan fingerprint density at radius 2 is 1.70 bits per heavy atom. The summed E-state index contributed by atoms with van der Waals surface area (Å²) in [7, 11) is 1.69. The fourth-order valence-corrected chi connectivity index (χ4v) is 5.21. The number of aryl methyl sites for hydroxylation is 1. The van der Waals surface area contributed by atoms with Crippen molar-refractivity contribution >= 4 is 34.7 Å². The topological polar surface area (TPSA) is 81.5 Å². The molecule has 0 saturated heterocycles. The molecule has 0 unspecified atom stereocenters. The van der Waals surface area contributed by atoms with Gasteiger partial charge in [0.1, 0.15) is 17.2 Å². The Morgan fingerprint density at radius 3 is 2.50 bits per heavy atom. The first-order valence-electron chi connectivity index (χ1n) is 13.7. The number of aromatic nitrogens is 2. The number of carboxylic acid groups (broad SMARTS) is 1. The largest absolute Gasteiger partial charge is 0.497 e. The molecule has 0 aliphatic rings. The minimum absolute atomic E-state index is 0.533. The molecule has 0 spiro atoms. The molecule has 2 aromatic carbocycles. The lowest BCUT2D eigenvalue weighted by Crippen LogP contribution is -2.01. The summed E-state index contributed by atoms with van der Waals surface area (Å²) in [5.41, 5.74) is 4.01. The van der Waals surface area contributed by atoms with E-state index >= 15 is 0 Å². The van der Waals surface area contributed by atoms with Crippen LogP contribution >= 0.6 is 11.8 Å². The molecule has 0 amide bonds. The summed E-state index contributed by atoms with van der Waals surface area (Å²) in [6, 6.07) is 22.4. The zero-order chi connectivity index (χ0) is 28.0. The third kappa shape index (κ3) is 9.42. The Kier molecular flexibility index (Phi) is 11.4. The molecule has 208 valence electrons. The maximum atomic E-state index is 11.1. The van der Waals surface area contributed by atoms with Gasteiger partial charge in [0.15, 0.2) is 0 Å². The number of pyridine rings is 2. The van der Waals surface area contributed by atoms with Crippen molar-refractivity contribution in [2.45, 2.75) is 55.7 Å². The molecule has 0 atom stereocenters. The number of hydrogen-bond acceptors (Lipinski definition) is 6. The van der Waals surface area contributed by atoms with Crippen LogP contribution in [-0.4, -0.2) is 34.8 Å². The maximum absolute atomic E-state index is 11.1. The number of benzene rings is 2. The van der Waals surface area contributed by atoms with E-state index in [9.17, 15) is 4.79 Å². The average molecular weight is 557 g/mol. The van der Waals surface area contributed by atoms with Crippen molar-refractivity contribution in [2.24, 2.45) is 0 Å². The van der Waals surface area contributed by atoms with Crippen LogP contribution < -0.4 is 9.47 Å². The van der Waals surface area contributed by atoms with Gasteiger partial charge in [-0.3, -0.25) is 4.98 Å². The van der Waals surface area contributed by atoms with Crippen molar-refractivity contribution in [3.63, 3.8) is 0 Å². The lowest BCUT2D eigenvalue weighted by Gasteiger charge is -2.11. The Labute approximate surface area is 240 Å². The first-order valence-corrected chi connectivity index (χ1v) is 14.7. The predicted molar refractivity (Wildman–Crippen MR) is 162 cm³/mol. The predicted octanol–water partition coefficient (Wildman–Crippen LogP) is 7.99. The number of carbonyl (C=O) groups is 1. The summed E-state index contributed by atoms with van der Waals surface area (Å²) >= 11 is 1.60. The molecule has 4 aromatic rings.